The van der Waals surface area contributed by atoms with Crippen molar-refractivity contribution in [2.75, 3.05) is 11.9 Å². The zero-order chi connectivity index (χ0) is 11.1. The quantitative estimate of drug-likeness (QED) is 0.774. The molecule has 0 aliphatic rings. The number of hydrogen-bond donors (Lipinski definition) is 2. The molecule has 3 nitrogen and oxygen atoms in total. The number of carbonyl (C=O) groups is 1. The number of rotatable bonds is 6. The Hall–Kier alpha value is -0.870. The van der Waals surface area contributed by atoms with Gasteiger partial charge in [-0.3, -0.25) is 4.79 Å². The van der Waals surface area contributed by atoms with E-state index in [0.717, 1.165) is 11.8 Å². The zero-order valence-corrected chi connectivity index (χ0v) is 9.90. The molecule has 1 aromatic rings. The highest BCUT2D eigenvalue weighted by molar-refractivity contribution is 9.09. The lowest BCUT2D eigenvalue weighted by Crippen LogP contribution is -2.36. The average molecular weight is 272 g/mol. The average Bonchev–Trinajstić information content (AvgIpc) is 2.25. The van der Waals surface area contributed by atoms with Crippen LogP contribution in [-0.4, -0.2) is 29.0 Å². The molecule has 0 radical (unpaired) electrons. The second kappa shape index (κ2) is 6.58. The third-order valence-electron chi connectivity index (χ3n) is 2.05. The molecule has 0 aliphatic carbocycles. The van der Waals surface area contributed by atoms with Gasteiger partial charge in [-0.1, -0.05) is 46.3 Å². The van der Waals surface area contributed by atoms with E-state index in [1.54, 1.807) is 0 Å². The predicted octanol–water partition coefficient (Wildman–Crippen LogP) is 1.67. The Balaban J connectivity index is 2.43. The maximum Gasteiger partial charge on any atom is 0.317 e. The van der Waals surface area contributed by atoms with Crippen LogP contribution in [0.25, 0.3) is 0 Å². The molecule has 82 valence electrons. The Kier molecular flexibility index (Phi) is 5.36. The van der Waals surface area contributed by atoms with Gasteiger partial charge in [-0.25, -0.2) is 0 Å². The smallest absolute Gasteiger partial charge is 0.317 e. The van der Waals surface area contributed by atoms with E-state index in [4.69, 9.17) is 5.11 Å². The summed E-state index contributed by atoms with van der Waals surface area (Å²) in [5, 5.41) is 12.3. The van der Waals surface area contributed by atoms with Gasteiger partial charge in [0.2, 0.25) is 0 Å². The van der Waals surface area contributed by atoms with Gasteiger partial charge in [0.15, 0.2) is 0 Å². The lowest BCUT2D eigenvalue weighted by Gasteiger charge is -2.14. The van der Waals surface area contributed by atoms with Crippen LogP contribution in [-0.2, 0) is 11.2 Å². The summed E-state index contributed by atoms with van der Waals surface area (Å²) in [5.41, 5.74) is 1.21. The minimum absolute atomic E-state index is 0.00308. The normalized spacial score (nSPS) is 12.3. The van der Waals surface area contributed by atoms with E-state index in [0.29, 0.717) is 0 Å². The van der Waals surface area contributed by atoms with Crippen LogP contribution >= 0.6 is 15.9 Å². The summed E-state index contributed by atoms with van der Waals surface area (Å²) < 4.78 is 0. The molecule has 0 saturated carbocycles. The van der Waals surface area contributed by atoms with E-state index in [1.165, 1.54) is 5.56 Å². The number of halogens is 1. The molecule has 1 aromatic carbocycles. The third kappa shape index (κ3) is 4.95. The van der Waals surface area contributed by atoms with Crippen LogP contribution in [0.4, 0.5) is 0 Å². The summed E-state index contributed by atoms with van der Waals surface area (Å²) in [6, 6.07) is 10.2. The summed E-state index contributed by atoms with van der Waals surface area (Å²) in [6.07, 6.45) is 0.833. The summed E-state index contributed by atoms with van der Waals surface area (Å²) >= 11 is 3.37. The van der Waals surface area contributed by atoms with E-state index >= 15 is 0 Å². The van der Waals surface area contributed by atoms with Crippen LogP contribution in [0.5, 0.6) is 0 Å². The van der Waals surface area contributed by atoms with Crippen LogP contribution in [0.15, 0.2) is 30.3 Å². The van der Waals surface area contributed by atoms with E-state index in [-0.39, 0.29) is 12.6 Å². The molecular weight excluding hydrogens is 258 g/mol. The first-order valence-corrected chi connectivity index (χ1v) is 5.89. The highest BCUT2D eigenvalue weighted by Crippen LogP contribution is 2.04. The minimum atomic E-state index is -0.825. The van der Waals surface area contributed by atoms with Crippen LogP contribution in [0.1, 0.15) is 5.56 Å². The predicted molar refractivity (Wildman–Crippen MR) is 63.4 cm³/mol. The number of aliphatic carboxylic acids is 1. The molecule has 0 aliphatic heterocycles. The number of carboxylic acid groups (broad SMARTS) is 1. The van der Waals surface area contributed by atoms with Gasteiger partial charge in [-0.2, -0.15) is 0 Å². The number of carboxylic acids is 1. The van der Waals surface area contributed by atoms with Gasteiger partial charge in [-0.05, 0) is 12.0 Å². The second-order valence-electron chi connectivity index (χ2n) is 3.32. The molecule has 2 N–H and O–H groups in total. The Bertz CT molecular complexity index is 303. The molecule has 0 aromatic heterocycles. The van der Waals surface area contributed by atoms with Crippen molar-refractivity contribution in [2.45, 2.75) is 12.5 Å². The van der Waals surface area contributed by atoms with Gasteiger partial charge in [0, 0.05) is 11.4 Å². The molecule has 0 bridgehead atoms. The number of hydrogen-bond acceptors (Lipinski definition) is 2. The molecule has 15 heavy (non-hydrogen) atoms. The fraction of sp³-hybridized carbons (Fsp3) is 0.364. The van der Waals surface area contributed by atoms with Crippen molar-refractivity contribution in [2.24, 2.45) is 0 Å². The van der Waals surface area contributed by atoms with Gasteiger partial charge < -0.3 is 10.4 Å². The molecule has 0 saturated heterocycles. The summed E-state index contributed by atoms with van der Waals surface area (Å²) in [6.45, 7) is 0.00308. The standard InChI is InChI=1S/C11H14BrNO2/c12-7-10(13-8-11(14)15)6-9-4-2-1-3-5-9/h1-5,10,13H,6-8H2,(H,14,15). The number of nitrogens with one attached hydrogen (secondary N) is 1. The van der Waals surface area contributed by atoms with Gasteiger partial charge >= 0.3 is 5.97 Å². The van der Waals surface area contributed by atoms with E-state index in [9.17, 15) is 4.79 Å². The molecule has 0 spiro atoms. The van der Waals surface area contributed by atoms with Crippen molar-refractivity contribution in [3.8, 4) is 0 Å². The molecular formula is C11H14BrNO2. The zero-order valence-electron chi connectivity index (χ0n) is 8.32. The SMILES string of the molecule is O=C(O)CNC(CBr)Cc1ccccc1. The first-order chi connectivity index (χ1) is 7.22. The Morgan fingerprint density at radius 2 is 2.07 bits per heavy atom. The lowest BCUT2D eigenvalue weighted by molar-refractivity contribution is -0.136. The third-order valence-corrected chi connectivity index (χ3v) is 2.83. The number of alkyl halides is 1. The number of benzene rings is 1. The maximum absolute atomic E-state index is 10.4. The van der Waals surface area contributed by atoms with E-state index in [2.05, 4.69) is 21.2 Å². The minimum Gasteiger partial charge on any atom is -0.480 e. The fourth-order valence-corrected chi connectivity index (χ4v) is 1.77. The van der Waals surface area contributed by atoms with E-state index < -0.39 is 5.97 Å². The summed E-state index contributed by atoms with van der Waals surface area (Å²) in [7, 11) is 0. The Morgan fingerprint density at radius 1 is 1.40 bits per heavy atom. The molecule has 1 unspecified atom stereocenters. The molecule has 1 rings (SSSR count). The van der Waals surface area contributed by atoms with E-state index in [1.807, 2.05) is 30.3 Å². The van der Waals surface area contributed by atoms with Crippen molar-refractivity contribution in [1.29, 1.82) is 0 Å². The lowest BCUT2D eigenvalue weighted by atomic mass is 10.1. The van der Waals surface area contributed by atoms with Gasteiger partial charge in [0.05, 0.1) is 6.54 Å². The Labute approximate surface area is 97.6 Å². The van der Waals surface area contributed by atoms with Crippen molar-refractivity contribution in [3.63, 3.8) is 0 Å². The van der Waals surface area contributed by atoms with Crippen LogP contribution in [0.3, 0.4) is 0 Å². The van der Waals surface area contributed by atoms with Crippen LogP contribution < -0.4 is 5.32 Å². The fourth-order valence-electron chi connectivity index (χ4n) is 1.31. The molecule has 1 atom stereocenters. The monoisotopic (exact) mass is 271 g/mol. The van der Waals surface area contributed by atoms with Crippen LogP contribution in [0.2, 0.25) is 0 Å². The Morgan fingerprint density at radius 3 is 2.60 bits per heavy atom. The summed E-state index contributed by atoms with van der Waals surface area (Å²) in [5.74, 6) is -0.825. The van der Waals surface area contributed by atoms with Crippen molar-refractivity contribution < 1.29 is 9.90 Å². The molecule has 0 heterocycles. The first-order valence-electron chi connectivity index (χ1n) is 4.77. The summed E-state index contributed by atoms with van der Waals surface area (Å²) in [4.78, 5) is 10.4. The van der Waals surface area contributed by atoms with Gasteiger partial charge in [0.25, 0.3) is 0 Å². The highest BCUT2D eigenvalue weighted by Gasteiger charge is 2.08. The maximum atomic E-state index is 10.4. The molecule has 4 heteroatoms. The van der Waals surface area contributed by atoms with Crippen molar-refractivity contribution in [3.05, 3.63) is 35.9 Å². The first kappa shape index (κ1) is 12.2. The largest absolute Gasteiger partial charge is 0.480 e. The van der Waals surface area contributed by atoms with Crippen LogP contribution in [0, 0.1) is 0 Å². The molecule has 0 amide bonds. The highest BCUT2D eigenvalue weighted by atomic mass is 79.9. The second-order valence-corrected chi connectivity index (χ2v) is 3.96. The van der Waals surface area contributed by atoms with Crippen molar-refractivity contribution in [1.82, 2.24) is 5.32 Å². The van der Waals surface area contributed by atoms with Gasteiger partial charge in [-0.15, -0.1) is 0 Å². The van der Waals surface area contributed by atoms with Gasteiger partial charge in [0.1, 0.15) is 0 Å². The topological polar surface area (TPSA) is 49.3 Å². The van der Waals surface area contributed by atoms with Crippen molar-refractivity contribution >= 4 is 21.9 Å². The molecule has 0 fully saturated rings.